The van der Waals surface area contributed by atoms with Crippen LogP contribution < -0.4 is 5.32 Å². The van der Waals surface area contributed by atoms with Gasteiger partial charge in [0.25, 0.3) is 0 Å². The van der Waals surface area contributed by atoms with Crippen LogP contribution in [-0.2, 0) is 19.1 Å². The summed E-state index contributed by atoms with van der Waals surface area (Å²) < 4.78 is 11.1. The van der Waals surface area contributed by atoms with Crippen molar-refractivity contribution >= 4 is 23.5 Å². The first kappa shape index (κ1) is 22.0. The summed E-state index contributed by atoms with van der Waals surface area (Å²) in [6, 6.07) is 12.8. The fourth-order valence-electron chi connectivity index (χ4n) is 4.20. The molecule has 2 heterocycles. The number of aryl methyl sites for hydroxylation is 1. The molecule has 2 atom stereocenters. The molecule has 1 N–H and O–H groups in total. The van der Waals surface area contributed by atoms with Crippen molar-refractivity contribution in [3.8, 4) is 0 Å². The summed E-state index contributed by atoms with van der Waals surface area (Å²) in [5.74, 6) is -0.934. The number of hydrogen-bond acceptors (Lipinski definition) is 5. The minimum Gasteiger partial charge on any atom is -0.453 e. The van der Waals surface area contributed by atoms with Crippen LogP contribution in [-0.4, -0.2) is 48.5 Å². The number of carbonyl (C=O) groups excluding carboxylic acids is 3. The van der Waals surface area contributed by atoms with Gasteiger partial charge in [-0.2, -0.15) is 0 Å². The smallest absolute Gasteiger partial charge is 0.339 e. The van der Waals surface area contributed by atoms with E-state index in [2.05, 4.69) is 5.32 Å². The second-order valence-corrected chi connectivity index (χ2v) is 8.39. The molecule has 0 radical (unpaired) electrons. The fraction of sp³-hybridized carbons (Fsp3) is 0.400. The van der Waals surface area contributed by atoms with Gasteiger partial charge in [-0.1, -0.05) is 30.3 Å². The molecular weight excluding hydrogens is 408 g/mol. The van der Waals surface area contributed by atoms with Gasteiger partial charge in [-0.05, 0) is 49.9 Å². The Labute approximate surface area is 187 Å². The number of cyclic esters (lactones) is 1. The van der Waals surface area contributed by atoms with Gasteiger partial charge in [-0.25, -0.2) is 4.79 Å². The Morgan fingerprint density at radius 1 is 1.12 bits per heavy atom. The summed E-state index contributed by atoms with van der Waals surface area (Å²) in [5, 5.41) is 2.92. The minimum atomic E-state index is -0.639. The van der Waals surface area contributed by atoms with Crippen LogP contribution >= 0.6 is 0 Å². The number of carbonyl (C=O) groups is 3. The number of fused-ring (bicyclic) bond motifs is 1. The highest BCUT2D eigenvalue weighted by Gasteiger charge is 2.34. The normalized spacial score (nSPS) is 19.4. The zero-order chi connectivity index (χ0) is 22.7. The predicted molar refractivity (Wildman–Crippen MR) is 119 cm³/mol. The van der Waals surface area contributed by atoms with Gasteiger partial charge >= 0.3 is 5.97 Å². The van der Waals surface area contributed by atoms with Gasteiger partial charge in [0.05, 0.1) is 24.6 Å². The maximum atomic E-state index is 13.2. The molecule has 0 bridgehead atoms. The number of benzene rings is 2. The summed E-state index contributed by atoms with van der Waals surface area (Å²) in [7, 11) is 0. The Kier molecular flexibility index (Phi) is 6.55. The number of nitrogens with zero attached hydrogens (tertiary/aromatic N) is 1. The molecule has 2 aromatic carbocycles. The highest BCUT2D eigenvalue weighted by Crippen LogP contribution is 2.33. The Hall–Kier alpha value is -3.19. The predicted octanol–water partition coefficient (Wildman–Crippen LogP) is 3.55. The average molecular weight is 437 g/mol. The van der Waals surface area contributed by atoms with Crippen LogP contribution in [0.1, 0.15) is 52.4 Å². The molecule has 32 heavy (non-hydrogen) atoms. The summed E-state index contributed by atoms with van der Waals surface area (Å²) in [5.41, 5.74) is 4.01. The number of ether oxygens (including phenoxy) is 2. The molecule has 0 aromatic heterocycles. The van der Waals surface area contributed by atoms with Crippen LogP contribution in [0, 0.1) is 13.8 Å². The zero-order valence-electron chi connectivity index (χ0n) is 18.4. The molecule has 2 aliphatic rings. The molecule has 1 saturated heterocycles. The van der Waals surface area contributed by atoms with Crippen molar-refractivity contribution in [2.75, 3.05) is 25.0 Å². The lowest BCUT2D eigenvalue weighted by Gasteiger charge is -2.26. The first-order chi connectivity index (χ1) is 15.4. The molecule has 0 unspecified atom stereocenters. The second-order valence-electron chi connectivity index (χ2n) is 8.39. The summed E-state index contributed by atoms with van der Waals surface area (Å²) in [6.45, 7) is 4.84. The van der Waals surface area contributed by atoms with E-state index in [-0.39, 0.29) is 30.9 Å². The molecule has 2 aliphatic heterocycles. The second kappa shape index (κ2) is 9.53. The van der Waals surface area contributed by atoms with Crippen molar-refractivity contribution in [3.63, 3.8) is 0 Å². The van der Waals surface area contributed by atoms with Crippen LogP contribution in [0.4, 0.5) is 5.69 Å². The van der Waals surface area contributed by atoms with E-state index in [0.717, 1.165) is 29.7 Å². The molecular formula is C25H28N2O5. The highest BCUT2D eigenvalue weighted by molar-refractivity contribution is 5.96. The van der Waals surface area contributed by atoms with Crippen molar-refractivity contribution in [3.05, 3.63) is 64.7 Å². The van der Waals surface area contributed by atoms with Crippen LogP contribution in [0.15, 0.2) is 42.5 Å². The molecule has 0 saturated carbocycles. The van der Waals surface area contributed by atoms with Crippen LogP contribution in [0.5, 0.6) is 0 Å². The summed E-state index contributed by atoms with van der Waals surface area (Å²) in [4.78, 5) is 39.7. The van der Waals surface area contributed by atoms with Gasteiger partial charge in [0.1, 0.15) is 6.10 Å². The first-order valence-electron chi connectivity index (χ1n) is 11.0. The Morgan fingerprint density at radius 3 is 2.72 bits per heavy atom. The van der Waals surface area contributed by atoms with Crippen molar-refractivity contribution in [2.45, 2.75) is 45.3 Å². The van der Waals surface area contributed by atoms with E-state index >= 15 is 0 Å². The largest absolute Gasteiger partial charge is 0.453 e. The number of nitrogens with one attached hydrogen (secondary N) is 1. The van der Waals surface area contributed by atoms with Gasteiger partial charge in [-0.3, -0.25) is 9.59 Å². The molecule has 0 spiro atoms. The van der Waals surface area contributed by atoms with Crippen LogP contribution in [0.3, 0.4) is 0 Å². The van der Waals surface area contributed by atoms with Gasteiger partial charge in [-0.15, -0.1) is 0 Å². The average Bonchev–Trinajstić information content (AvgIpc) is 3.39. The first-order valence-corrected chi connectivity index (χ1v) is 11.0. The third-order valence-electron chi connectivity index (χ3n) is 6.15. The number of anilines is 1. The number of hydrogen-bond donors (Lipinski definition) is 1. The van der Waals surface area contributed by atoms with E-state index in [1.54, 1.807) is 18.2 Å². The van der Waals surface area contributed by atoms with Gasteiger partial charge in [0.2, 0.25) is 11.8 Å². The quantitative estimate of drug-likeness (QED) is 0.671. The van der Waals surface area contributed by atoms with Crippen molar-refractivity contribution in [2.24, 2.45) is 0 Å². The van der Waals surface area contributed by atoms with E-state index in [1.807, 2.05) is 38.1 Å². The van der Waals surface area contributed by atoms with E-state index in [1.165, 1.54) is 4.90 Å². The number of amides is 2. The zero-order valence-corrected chi connectivity index (χ0v) is 18.4. The lowest BCUT2D eigenvalue weighted by atomic mass is 10.0. The monoisotopic (exact) mass is 436 g/mol. The maximum absolute atomic E-state index is 13.2. The third kappa shape index (κ3) is 4.83. The molecule has 4 rings (SSSR count). The molecule has 2 amide bonds. The molecule has 1 fully saturated rings. The third-order valence-corrected chi connectivity index (χ3v) is 6.15. The van der Waals surface area contributed by atoms with Crippen molar-refractivity contribution < 1.29 is 23.9 Å². The van der Waals surface area contributed by atoms with Crippen molar-refractivity contribution in [1.82, 2.24) is 4.90 Å². The standard InChI is InChI=1S/C25H28N2O5/c1-16-7-5-11-21(17(16)2)26-23(28)15-27(14-18-8-6-12-31-18)24(29)13-22-19-9-3-4-10-20(19)25(30)32-22/h3-5,7,9-11,18,22H,6,8,12-15H2,1-2H3,(H,26,28)/t18-,22-/m1/s1. The topological polar surface area (TPSA) is 84.9 Å². The van der Waals surface area contributed by atoms with E-state index in [0.29, 0.717) is 24.3 Å². The Bertz CT molecular complexity index is 1030. The molecule has 2 aromatic rings. The van der Waals surface area contributed by atoms with Crippen LogP contribution in [0.25, 0.3) is 0 Å². The minimum absolute atomic E-state index is 0.00771. The highest BCUT2D eigenvalue weighted by atomic mass is 16.5. The fourth-order valence-corrected chi connectivity index (χ4v) is 4.20. The molecule has 7 heteroatoms. The van der Waals surface area contributed by atoms with Crippen LogP contribution in [0.2, 0.25) is 0 Å². The SMILES string of the molecule is Cc1cccc(NC(=O)CN(C[C@H]2CCCO2)C(=O)C[C@H]2OC(=O)c3ccccc32)c1C. The Morgan fingerprint density at radius 2 is 1.94 bits per heavy atom. The van der Waals surface area contributed by atoms with Gasteiger partial charge in [0.15, 0.2) is 0 Å². The number of rotatable bonds is 7. The number of esters is 1. The van der Waals surface area contributed by atoms with Gasteiger partial charge < -0.3 is 19.7 Å². The molecule has 0 aliphatic carbocycles. The summed E-state index contributed by atoms with van der Waals surface area (Å²) >= 11 is 0. The van der Waals surface area contributed by atoms with Crippen molar-refractivity contribution in [1.29, 1.82) is 0 Å². The molecule has 168 valence electrons. The Balaban J connectivity index is 1.46. The van der Waals surface area contributed by atoms with E-state index in [4.69, 9.17) is 9.47 Å². The summed E-state index contributed by atoms with van der Waals surface area (Å²) in [6.07, 6.45) is 1.05. The lowest BCUT2D eigenvalue weighted by molar-refractivity contribution is -0.138. The maximum Gasteiger partial charge on any atom is 0.339 e. The lowest BCUT2D eigenvalue weighted by Crippen LogP contribution is -2.42. The van der Waals surface area contributed by atoms with E-state index in [9.17, 15) is 14.4 Å². The van der Waals surface area contributed by atoms with Gasteiger partial charge in [0, 0.05) is 24.4 Å². The molecule has 7 nitrogen and oxygen atoms in total. The van der Waals surface area contributed by atoms with E-state index < -0.39 is 12.1 Å².